The normalized spacial score (nSPS) is 15.5. The molecule has 0 aliphatic carbocycles. The Bertz CT molecular complexity index is 680. The van der Waals surface area contributed by atoms with Gasteiger partial charge in [-0.15, -0.1) is 0 Å². The molecule has 0 unspecified atom stereocenters. The van der Waals surface area contributed by atoms with Crippen LogP contribution in [0.2, 0.25) is 5.02 Å². The highest BCUT2D eigenvalue weighted by Gasteiger charge is 2.27. The van der Waals surface area contributed by atoms with Crippen LogP contribution in [0.5, 0.6) is 5.75 Å². The zero-order valence-corrected chi connectivity index (χ0v) is 13.8. The summed E-state index contributed by atoms with van der Waals surface area (Å²) < 4.78 is 5.45. The second-order valence-electron chi connectivity index (χ2n) is 5.80. The van der Waals surface area contributed by atoms with Crippen LogP contribution in [0, 0.1) is 12.8 Å². The number of halogens is 1. The van der Waals surface area contributed by atoms with Gasteiger partial charge in [0.15, 0.2) is 0 Å². The van der Waals surface area contributed by atoms with Crippen LogP contribution in [0.1, 0.15) is 18.4 Å². The molecule has 3 rings (SSSR count). The molecule has 0 atom stereocenters. The van der Waals surface area contributed by atoms with Gasteiger partial charge in [0.05, 0.1) is 5.92 Å². The molecule has 120 valence electrons. The summed E-state index contributed by atoms with van der Waals surface area (Å²) in [5.74, 6) is 0.342. The van der Waals surface area contributed by atoms with Crippen molar-refractivity contribution in [2.24, 2.45) is 5.92 Å². The molecule has 1 aliphatic heterocycles. The van der Waals surface area contributed by atoms with E-state index in [1.165, 1.54) is 5.69 Å². The Morgan fingerprint density at radius 2 is 1.91 bits per heavy atom. The van der Waals surface area contributed by atoms with Crippen molar-refractivity contribution < 1.29 is 9.53 Å². The number of pyridine rings is 1. The van der Waals surface area contributed by atoms with Crippen LogP contribution in [-0.2, 0) is 4.79 Å². The third-order valence-electron chi connectivity index (χ3n) is 4.19. The maximum absolute atomic E-state index is 12.3. The molecule has 0 N–H and O–H groups in total. The summed E-state index contributed by atoms with van der Waals surface area (Å²) in [5, 5.41) is 0.630. The van der Waals surface area contributed by atoms with E-state index in [2.05, 4.69) is 16.8 Å². The maximum atomic E-state index is 12.3. The lowest BCUT2D eigenvalue weighted by Crippen LogP contribution is -2.38. The molecule has 0 amide bonds. The minimum Gasteiger partial charge on any atom is -0.426 e. The average Bonchev–Trinajstić information content (AvgIpc) is 2.57. The molecular weight excluding hydrogens is 312 g/mol. The largest absolute Gasteiger partial charge is 0.426 e. The molecule has 5 heteroatoms. The smallest absolute Gasteiger partial charge is 0.314 e. The fourth-order valence-electron chi connectivity index (χ4n) is 2.88. The van der Waals surface area contributed by atoms with Gasteiger partial charge in [0.2, 0.25) is 0 Å². The van der Waals surface area contributed by atoms with Gasteiger partial charge in [-0.1, -0.05) is 11.6 Å². The van der Waals surface area contributed by atoms with Gasteiger partial charge in [-0.2, -0.15) is 0 Å². The Balaban J connectivity index is 1.57. The number of hydrogen-bond acceptors (Lipinski definition) is 4. The highest BCUT2D eigenvalue weighted by atomic mass is 35.5. The molecule has 0 radical (unpaired) electrons. The molecule has 1 aromatic heterocycles. The summed E-state index contributed by atoms with van der Waals surface area (Å²) in [7, 11) is 0. The van der Waals surface area contributed by atoms with Crippen molar-refractivity contribution in [1.82, 2.24) is 4.98 Å². The fourth-order valence-corrected chi connectivity index (χ4v) is 3.01. The van der Waals surface area contributed by atoms with Gasteiger partial charge in [0.1, 0.15) is 5.75 Å². The highest BCUT2D eigenvalue weighted by Crippen LogP contribution is 2.26. The van der Waals surface area contributed by atoms with E-state index >= 15 is 0 Å². The van der Waals surface area contributed by atoms with E-state index in [1.54, 1.807) is 24.3 Å². The summed E-state index contributed by atoms with van der Waals surface area (Å²) in [6.45, 7) is 3.76. The van der Waals surface area contributed by atoms with Gasteiger partial charge in [0.25, 0.3) is 0 Å². The van der Waals surface area contributed by atoms with Gasteiger partial charge in [0, 0.05) is 36.2 Å². The predicted molar refractivity (Wildman–Crippen MR) is 91.0 cm³/mol. The zero-order valence-electron chi connectivity index (χ0n) is 13.0. The number of aryl methyl sites for hydroxylation is 1. The number of piperidine rings is 1. The molecule has 1 saturated heterocycles. The summed E-state index contributed by atoms with van der Waals surface area (Å²) in [6, 6.07) is 8.91. The number of esters is 1. The number of anilines is 1. The number of ether oxygens (including phenoxy) is 1. The lowest BCUT2D eigenvalue weighted by molar-refractivity contribution is -0.139. The molecule has 1 aliphatic rings. The van der Waals surface area contributed by atoms with Crippen LogP contribution in [0.25, 0.3) is 0 Å². The SMILES string of the molecule is Cc1cnccc1N1CCC(C(=O)Oc2ccc(Cl)cc2)CC1. The van der Waals surface area contributed by atoms with Crippen LogP contribution in [0.15, 0.2) is 42.7 Å². The van der Waals surface area contributed by atoms with Crippen LogP contribution in [0.3, 0.4) is 0 Å². The van der Waals surface area contributed by atoms with Crippen LogP contribution < -0.4 is 9.64 Å². The first-order chi connectivity index (χ1) is 11.1. The molecule has 4 nitrogen and oxygen atoms in total. The maximum Gasteiger partial charge on any atom is 0.314 e. The fraction of sp³-hybridized carbons (Fsp3) is 0.333. The van der Waals surface area contributed by atoms with Gasteiger partial charge in [-0.05, 0) is 55.7 Å². The Kier molecular flexibility index (Phi) is 4.82. The number of aromatic nitrogens is 1. The number of benzene rings is 1. The van der Waals surface area contributed by atoms with Gasteiger partial charge in [-0.3, -0.25) is 9.78 Å². The van der Waals surface area contributed by atoms with Gasteiger partial charge >= 0.3 is 5.97 Å². The van der Waals surface area contributed by atoms with Crippen molar-refractivity contribution in [3.05, 3.63) is 53.3 Å². The first-order valence-electron chi connectivity index (χ1n) is 7.76. The lowest BCUT2D eigenvalue weighted by atomic mass is 9.96. The standard InChI is InChI=1S/C18H19ClN2O2/c1-13-12-20-9-6-17(13)21-10-7-14(8-11-21)18(22)23-16-4-2-15(19)3-5-16/h2-6,9,12,14H,7-8,10-11H2,1H3. The molecular formula is C18H19ClN2O2. The van der Waals surface area contributed by atoms with Crippen LogP contribution in [0.4, 0.5) is 5.69 Å². The summed E-state index contributed by atoms with van der Waals surface area (Å²) >= 11 is 5.83. The number of carbonyl (C=O) groups excluding carboxylic acids is 1. The van der Waals surface area contributed by atoms with E-state index in [4.69, 9.17) is 16.3 Å². The first-order valence-corrected chi connectivity index (χ1v) is 8.14. The molecule has 1 fully saturated rings. The molecule has 23 heavy (non-hydrogen) atoms. The van der Waals surface area contributed by atoms with Crippen molar-refractivity contribution in [2.45, 2.75) is 19.8 Å². The predicted octanol–water partition coefficient (Wildman–Crippen LogP) is 3.87. The number of carbonyl (C=O) groups is 1. The third-order valence-corrected chi connectivity index (χ3v) is 4.44. The first kappa shape index (κ1) is 15.8. The average molecular weight is 331 g/mol. The van der Waals surface area contributed by atoms with E-state index in [0.29, 0.717) is 10.8 Å². The van der Waals surface area contributed by atoms with Crippen LogP contribution in [-0.4, -0.2) is 24.0 Å². The van der Waals surface area contributed by atoms with E-state index in [-0.39, 0.29) is 11.9 Å². The van der Waals surface area contributed by atoms with E-state index in [0.717, 1.165) is 31.5 Å². The Morgan fingerprint density at radius 3 is 2.57 bits per heavy atom. The van der Waals surface area contributed by atoms with Gasteiger partial charge in [-0.25, -0.2) is 0 Å². The van der Waals surface area contributed by atoms with E-state index < -0.39 is 0 Å². The van der Waals surface area contributed by atoms with E-state index in [1.807, 2.05) is 18.5 Å². The molecule has 2 aromatic rings. The Hall–Kier alpha value is -2.07. The molecule has 0 spiro atoms. The highest BCUT2D eigenvalue weighted by molar-refractivity contribution is 6.30. The number of rotatable bonds is 3. The van der Waals surface area contributed by atoms with Crippen molar-refractivity contribution >= 4 is 23.3 Å². The Labute approximate surface area is 141 Å². The summed E-state index contributed by atoms with van der Waals surface area (Å²) in [6.07, 6.45) is 5.28. The second kappa shape index (κ2) is 7.01. The minimum atomic E-state index is -0.154. The summed E-state index contributed by atoms with van der Waals surface area (Å²) in [4.78, 5) is 18.7. The zero-order chi connectivity index (χ0) is 16.2. The molecule has 0 bridgehead atoms. The summed E-state index contributed by atoms with van der Waals surface area (Å²) in [5.41, 5.74) is 2.36. The topological polar surface area (TPSA) is 42.4 Å². The number of nitrogens with zero attached hydrogens (tertiary/aromatic N) is 2. The van der Waals surface area contributed by atoms with Crippen molar-refractivity contribution in [3.63, 3.8) is 0 Å². The molecule has 1 aromatic carbocycles. The Morgan fingerprint density at radius 1 is 1.22 bits per heavy atom. The third kappa shape index (κ3) is 3.82. The van der Waals surface area contributed by atoms with E-state index in [9.17, 15) is 4.79 Å². The monoisotopic (exact) mass is 330 g/mol. The van der Waals surface area contributed by atoms with Gasteiger partial charge < -0.3 is 9.64 Å². The number of hydrogen-bond donors (Lipinski definition) is 0. The van der Waals surface area contributed by atoms with Crippen molar-refractivity contribution in [2.75, 3.05) is 18.0 Å². The van der Waals surface area contributed by atoms with Crippen molar-refractivity contribution in [3.8, 4) is 5.75 Å². The quantitative estimate of drug-likeness (QED) is 0.633. The van der Waals surface area contributed by atoms with Crippen molar-refractivity contribution in [1.29, 1.82) is 0 Å². The second-order valence-corrected chi connectivity index (χ2v) is 6.23. The molecule has 2 heterocycles. The van der Waals surface area contributed by atoms with Crippen LogP contribution >= 0.6 is 11.6 Å². The minimum absolute atomic E-state index is 0.0518. The molecule has 0 saturated carbocycles. The lowest BCUT2D eigenvalue weighted by Gasteiger charge is -2.33.